The van der Waals surface area contributed by atoms with Gasteiger partial charge in [-0.05, 0) is 18.8 Å². The minimum absolute atomic E-state index is 0.524. The Balaban J connectivity index is 1.92. The summed E-state index contributed by atoms with van der Waals surface area (Å²) in [5, 5.41) is 3.43. The zero-order valence-electron chi connectivity index (χ0n) is 12.0. The van der Waals surface area contributed by atoms with E-state index in [4.69, 9.17) is 0 Å². The number of aromatic nitrogens is 2. The summed E-state index contributed by atoms with van der Waals surface area (Å²) in [4.78, 5) is 8.10. The molecule has 0 aliphatic heterocycles. The normalized spacial score (nSPS) is 24.7. The second-order valence-electron chi connectivity index (χ2n) is 5.97. The lowest BCUT2D eigenvalue weighted by Crippen LogP contribution is -2.22. The number of hydrogen-bond acceptors (Lipinski definition) is 2. The van der Waals surface area contributed by atoms with Gasteiger partial charge in [0.15, 0.2) is 0 Å². The third kappa shape index (κ3) is 3.58. The van der Waals surface area contributed by atoms with Gasteiger partial charge in [0.2, 0.25) is 0 Å². The van der Waals surface area contributed by atoms with Gasteiger partial charge in [-0.2, -0.15) is 0 Å². The van der Waals surface area contributed by atoms with E-state index in [2.05, 4.69) is 36.1 Å². The molecule has 0 bridgehead atoms. The number of nitrogens with zero attached hydrogens (tertiary/aromatic N) is 1. The number of nitrogens with one attached hydrogen (secondary N) is 2. The molecule has 0 amide bonds. The molecule has 1 aromatic heterocycles. The number of aromatic amines is 1. The first-order chi connectivity index (χ1) is 8.69. The van der Waals surface area contributed by atoms with Crippen molar-refractivity contribution in [3.63, 3.8) is 0 Å². The highest BCUT2D eigenvalue weighted by atomic mass is 15.0. The van der Waals surface area contributed by atoms with Crippen molar-refractivity contribution < 1.29 is 0 Å². The molecule has 0 aromatic carbocycles. The molecule has 0 saturated heterocycles. The van der Waals surface area contributed by atoms with Crippen molar-refractivity contribution in [2.45, 2.75) is 71.4 Å². The minimum atomic E-state index is 0.524. The van der Waals surface area contributed by atoms with Gasteiger partial charge in [-0.25, -0.2) is 4.98 Å². The van der Waals surface area contributed by atoms with Crippen LogP contribution in [0, 0.1) is 5.92 Å². The molecule has 3 heteroatoms. The summed E-state index contributed by atoms with van der Waals surface area (Å²) in [6.45, 7) is 7.55. The summed E-state index contributed by atoms with van der Waals surface area (Å²) in [5.41, 5.74) is 1.22. The molecule has 0 spiro atoms. The maximum atomic E-state index is 4.59. The Kier molecular flexibility index (Phi) is 4.81. The van der Waals surface area contributed by atoms with Crippen molar-refractivity contribution in [2.24, 2.45) is 5.92 Å². The van der Waals surface area contributed by atoms with E-state index in [1.54, 1.807) is 0 Å². The molecule has 0 radical (unpaired) electrons. The highest BCUT2D eigenvalue weighted by Crippen LogP contribution is 2.36. The van der Waals surface area contributed by atoms with Gasteiger partial charge in [0.05, 0.1) is 0 Å². The Morgan fingerprint density at radius 3 is 3.00 bits per heavy atom. The van der Waals surface area contributed by atoms with Crippen LogP contribution in [0.15, 0.2) is 6.20 Å². The molecule has 1 saturated carbocycles. The van der Waals surface area contributed by atoms with Gasteiger partial charge in [0.1, 0.15) is 5.82 Å². The van der Waals surface area contributed by atoms with E-state index in [-0.39, 0.29) is 0 Å². The highest BCUT2D eigenvalue weighted by Gasteiger charge is 2.23. The molecule has 3 nitrogen and oxygen atoms in total. The molecule has 102 valence electrons. The third-order valence-electron chi connectivity index (χ3n) is 4.10. The van der Waals surface area contributed by atoms with Crippen LogP contribution in [0.25, 0.3) is 0 Å². The topological polar surface area (TPSA) is 40.7 Å². The predicted octanol–water partition coefficient (Wildman–Crippen LogP) is 3.59. The summed E-state index contributed by atoms with van der Waals surface area (Å²) in [5.74, 6) is 2.79. The Labute approximate surface area is 111 Å². The van der Waals surface area contributed by atoms with E-state index in [9.17, 15) is 0 Å². The molecule has 1 aromatic rings. The van der Waals surface area contributed by atoms with Crippen molar-refractivity contribution >= 4 is 0 Å². The van der Waals surface area contributed by atoms with Crippen LogP contribution in [0.2, 0.25) is 0 Å². The summed E-state index contributed by atoms with van der Waals surface area (Å²) in [7, 11) is 0. The summed E-state index contributed by atoms with van der Waals surface area (Å²) >= 11 is 0. The second kappa shape index (κ2) is 6.37. The van der Waals surface area contributed by atoms with Crippen molar-refractivity contribution in [1.29, 1.82) is 0 Å². The molecule has 18 heavy (non-hydrogen) atoms. The molecule has 2 atom stereocenters. The van der Waals surface area contributed by atoms with Gasteiger partial charge in [-0.15, -0.1) is 0 Å². The van der Waals surface area contributed by atoms with E-state index < -0.39 is 0 Å². The van der Waals surface area contributed by atoms with Crippen LogP contribution < -0.4 is 5.32 Å². The predicted molar refractivity (Wildman–Crippen MR) is 75.6 cm³/mol. The number of imidazole rings is 1. The van der Waals surface area contributed by atoms with Gasteiger partial charge >= 0.3 is 0 Å². The van der Waals surface area contributed by atoms with Crippen LogP contribution in [0.3, 0.4) is 0 Å². The number of hydrogen-bond donors (Lipinski definition) is 2. The van der Waals surface area contributed by atoms with Crippen LogP contribution >= 0.6 is 0 Å². The fourth-order valence-electron chi connectivity index (χ4n) is 2.90. The quantitative estimate of drug-likeness (QED) is 0.837. The molecule has 2 unspecified atom stereocenters. The summed E-state index contributed by atoms with van der Waals surface area (Å²) in [6.07, 6.45) is 8.72. The van der Waals surface area contributed by atoms with Crippen molar-refractivity contribution in [1.82, 2.24) is 15.3 Å². The van der Waals surface area contributed by atoms with Gasteiger partial charge < -0.3 is 10.3 Å². The maximum Gasteiger partial charge on any atom is 0.109 e. The highest BCUT2D eigenvalue weighted by molar-refractivity contribution is 5.06. The zero-order chi connectivity index (χ0) is 13.0. The molecular formula is C15H27N3. The lowest BCUT2D eigenvalue weighted by atomic mass is 9.80. The van der Waals surface area contributed by atoms with E-state index in [1.807, 2.05) is 6.20 Å². The Bertz CT molecular complexity index is 356. The summed E-state index contributed by atoms with van der Waals surface area (Å²) < 4.78 is 0. The van der Waals surface area contributed by atoms with Crippen molar-refractivity contribution in [3.05, 3.63) is 17.7 Å². The first-order valence-corrected chi connectivity index (χ1v) is 7.46. The Hall–Kier alpha value is -0.830. The average Bonchev–Trinajstić information content (AvgIpc) is 2.85. The van der Waals surface area contributed by atoms with Crippen LogP contribution in [0.4, 0.5) is 0 Å². The van der Waals surface area contributed by atoms with E-state index in [1.165, 1.54) is 43.6 Å². The largest absolute Gasteiger partial charge is 0.345 e. The van der Waals surface area contributed by atoms with Crippen molar-refractivity contribution in [2.75, 3.05) is 0 Å². The lowest BCUT2D eigenvalue weighted by Gasteiger charge is -2.27. The van der Waals surface area contributed by atoms with Crippen LogP contribution in [0.5, 0.6) is 0 Å². The van der Waals surface area contributed by atoms with Gasteiger partial charge in [-0.3, -0.25) is 0 Å². The smallest absolute Gasteiger partial charge is 0.109 e. The standard InChI is InChI=1S/C15H27N3/c1-4-12-6-5-7-13(8-12)15-17-10-14(18-15)9-16-11(2)3/h10-13,16H,4-9H2,1-3H3,(H,17,18). The molecular weight excluding hydrogens is 222 g/mol. The van der Waals surface area contributed by atoms with Gasteiger partial charge in [-0.1, -0.05) is 40.0 Å². The molecule has 1 aliphatic carbocycles. The van der Waals surface area contributed by atoms with Crippen LogP contribution in [-0.4, -0.2) is 16.0 Å². The SMILES string of the molecule is CCC1CCCC(c2ncc(CNC(C)C)[nH]2)C1. The first kappa shape index (κ1) is 13.6. The number of rotatable bonds is 5. The molecule has 2 rings (SSSR count). The number of H-pyrrole nitrogens is 1. The van der Waals surface area contributed by atoms with Gasteiger partial charge in [0.25, 0.3) is 0 Å². The fourth-order valence-corrected chi connectivity index (χ4v) is 2.90. The van der Waals surface area contributed by atoms with Crippen LogP contribution in [-0.2, 0) is 6.54 Å². The first-order valence-electron chi connectivity index (χ1n) is 7.46. The van der Waals surface area contributed by atoms with Crippen LogP contribution in [0.1, 0.15) is 70.3 Å². The third-order valence-corrected chi connectivity index (χ3v) is 4.10. The molecule has 2 N–H and O–H groups in total. The zero-order valence-corrected chi connectivity index (χ0v) is 12.0. The fraction of sp³-hybridized carbons (Fsp3) is 0.800. The lowest BCUT2D eigenvalue weighted by molar-refractivity contribution is 0.308. The van der Waals surface area contributed by atoms with E-state index in [0.29, 0.717) is 12.0 Å². The molecule has 1 heterocycles. The van der Waals surface area contributed by atoms with Crippen molar-refractivity contribution in [3.8, 4) is 0 Å². The molecule has 1 aliphatic rings. The maximum absolute atomic E-state index is 4.59. The van der Waals surface area contributed by atoms with E-state index in [0.717, 1.165) is 12.5 Å². The second-order valence-corrected chi connectivity index (χ2v) is 5.97. The average molecular weight is 249 g/mol. The van der Waals surface area contributed by atoms with Gasteiger partial charge in [0, 0.05) is 30.4 Å². The van der Waals surface area contributed by atoms with E-state index >= 15 is 0 Å². The Morgan fingerprint density at radius 2 is 2.28 bits per heavy atom. The molecule has 1 fully saturated rings. The Morgan fingerprint density at radius 1 is 1.44 bits per heavy atom. The summed E-state index contributed by atoms with van der Waals surface area (Å²) in [6, 6.07) is 0.524. The monoisotopic (exact) mass is 249 g/mol. The minimum Gasteiger partial charge on any atom is -0.345 e.